The van der Waals surface area contributed by atoms with Gasteiger partial charge in [0.1, 0.15) is 6.04 Å². The lowest BCUT2D eigenvalue weighted by Gasteiger charge is -2.25. The quantitative estimate of drug-likeness (QED) is 0.773. The number of amides is 2. The van der Waals surface area contributed by atoms with Gasteiger partial charge in [-0.05, 0) is 17.9 Å². The van der Waals surface area contributed by atoms with E-state index < -0.39 is 24.1 Å². The molecule has 2 amide bonds. The Hall–Kier alpha value is -1.60. The maximum Gasteiger partial charge on any atom is 0.326 e. The predicted molar refractivity (Wildman–Crippen MR) is 79.3 cm³/mol. The van der Waals surface area contributed by atoms with E-state index >= 15 is 0 Å². The number of aliphatic hydroxyl groups excluding tert-OH is 1. The van der Waals surface area contributed by atoms with E-state index in [2.05, 4.69) is 5.32 Å². The van der Waals surface area contributed by atoms with Crippen molar-refractivity contribution in [2.24, 2.45) is 0 Å². The van der Waals surface area contributed by atoms with E-state index in [0.29, 0.717) is 0 Å². The smallest absolute Gasteiger partial charge is 0.326 e. The summed E-state index contributed by atoms with van der Waals surface area (Å²) in [5, 5.41) is 23.6. The Bertz CT molecular complexity index is 491. The van der Waals surface area contributed by atoms with Crippen LogP contribution in [0, 0.1) is 0 Å². The van der Waals surface area contributed by atoms with Gasteiger partial charge in [0.25, 0.3) is 0 Å². The van der Waals surface area contributed by atoms with E-state index in [9.17, 15) is 14.7 Å². The molecule has 0 saturated carbocycles. The van der Waals surface area contributed by atoms with Crippen LogP contribution in [0.4, 0.5) is 4.79 Å². The molecule has 1 aromatic rings. The first-order valence-corrected chi connectivity index (χ1v) is 7.92. The molecule has 1 aliphatic rings. The number of likely N-dealkylation sites (tertiary alicyclic amines) is 1. The fraction of sp³-hybridized carbons (Fsp3) is 0.571. The summed E-state index contributed by atoms with van der Waals surface area (Å²) in [7, 11) is 0. The average Bonchev–Trinajstić information content (AvgIpc) is 3.06. The number of nitrogens with one attached hydrogen (secondary N) is 1. The van der Waals surface area contributed by atoms with Crippen molar-refractivity contribution >= 4 is 23.3 Å². The van der Waals surface area contributed by atoms with Gasteiger partial charge < -0.3 is 20.4 Å². The van der Waals surface area contributed by atoms with Gasteiger partial charge in [-0.1, -0.05) is 19.4 Å². The highest BCUT2D eigenvalue weighted by Crippen LogP contribution is 2.25. The number of rotatable bonds is 5. The molecule has 2 rings (SSSR count). The first-order valence-electron chi connectivity index (χ1n) is 7.04. The zero-order chi connectivity index (χ0) is 15.4. The molecule has 0 aliphatic carbocycles. The minimum absolute atomic E-state index is 0.0616. The van der Waals surface area contributed by atoms with Crippen molar-refractivity contribution in [2.75, 3.05) is 6.54 Å². The van der Waals surface area contributed by atoms with E-state index in [4.69, 9.17) is 5.11 Å². The van der Waals surface area contributed by atoms with Gasteiger partial charge in [0.15, 0.2) is 0 Å². The van der Waals surface area contributed by atoms with E-state index in [0.717, 1.165) is 17.7 Å². The van der Waals surface area contributed by atoms with E-state index in [1.165, 1.54) is 4.90 Å². The second-order valence-corrected chi connectivity index (χ2v) is 6.18. The second kappa shape index (κ2) is 6.91. The maximum absolute atomic E-state index is 12.3. The third kappa shape index (κ3) is 3.74. The lowest BCUT2D eigenvalue weighted by atomic mass is 10.1. The largest absolute Gasteiger partial charge is 0.480 e. The topological polar surface area (TPSA) is 89.9 Å². The highest BCUT2D eigenvalue weighted by Gasteiger charge is 2.39. The number of aliphatic carboxylic acids is 1. The van der Waals surface area contributed by atoms with E-state index in [1.807, 2.05) is 24.4 Å². The summed E-state index contributed by atoms with van der Waals surface area (Å²) in [5.41, 5.74) is 0. The fourth-order valence-electron chi connectivity index (χ4n) is 2.57. The number of aliphatic hydroxyl groups is 1. The predicted octanol–water partition coefficient (Wildman–Crippen LogP) is 1.82. The summed E-state index contributed by atoms with van der Waals surface area (Å²) >= 11 is 1.56. The zero-order valence-electron chi connectivity index (χ0n) is 11.9. The molecule has 1 fully saturated rings. The van der Waals surface area contributed by atoms with Crippen LogP contribution in [0.25, 0.3) is 0 Å². The molecule has 1 aromatic heterocycles. The summed E-state index contributed by atoms with van der Waals surface area (Å²) < 4.78 is 0. The van der Waals surface area contributed by atoms with Crippen LogP contribution in [-0.2, 0) is 4.79 Å². The lowest BCUT2D eigenvalue weighted by Crippen LogP contribution is -2.47. The summed E-state index contributed by atoms with van der Waals surface area (Å²) in [5.74, 6) is -1.08. The second-order valence-electron chi connectivity index (χ2n) is 5.20. The Morgan fingerprint density at radius 1 is 1.57 bits per heavy atom. The molecule has 2 unspecified atom stereocenters. The number of urea groups is 1. The Morgan fingerprint density at radius 3 is 2.90 bits per heavy atom. The van der Waals surface area contributed by atoms with Crippen LogP contribution in [-0.4, -0.2) is 45.8 Å². The number of carboxylic acid groups (broad SMARTS) is 1. The number of carbonyl (C=O) groups excluding carboxylic acids is 1. The molecule has 0 radical (unpaired) electrons. The minimum Gasteiger partial charge on any atom is -0.480 e. The number of hydrogen-bond acceptors (Lipinski definition) is 4. The van der Waals surface area contributed by atoms with Crippen LogP contribution in [0.1, 0.15) is 37.1 Å². The first kappa shape index (κ1) is 15.8. The van der Waals surface area contributed by atoms with Crippen molar-refractivity contribution < 1.29 is 19.8 Å². The normalized spacial score (nSPS) is 23.0. The zero-order valence-corrected chi connectivity index (χ0v) is 12.7. The maximum atomic E-state index is 12.3. The molecule has 116 valence electrons. The Balaban J connectivity index is 2.06. The van der Waals surface area contributed by atoms with Crippen molar-refractivity contribution in [3.63, 3.8) is 0 Å². The van der Waals surface area contributed by atoms with Crippen LogP contribution in [0.5, 0.6) is 0 Å². The van der Waals surface area contributed by atoms with Gasteiger partial charge in [0.2, 0.25) is 0 Å². The number of thiophene rings is 1. The molecule has 1 saturated heterocycles. The standard InChI is InChI=1S/C14H20N2O4S/c1-2-4-10(12-5-3-6-21-12)15-14(20)16-8-9(17)7-11(16)13(18)19/h3,5-6,9-11,17H,2,4,7-8H2,1H3,(H,15,20)(H,18,19)/t9?,10?,11-/m0/s1. The van der Waals surface area contributed by atoms with Gasteiger partial charge in [-0.15, -0.1) is 11.3 Å². The SMILES string of the molecule is CCCC(NC(=O)N1CC(O)C[C@H]1C(=O)O)c1cccs1. The molecular weight excluding hydrogens is 292 g/mol. The summed E-state index contributed by atoms with van der Waals surface area (Å²) in [4.78, 5) is 25.8. The highest BCUT2D eigenvalue weighted by molar-refractivity contribution is 7.10. The highest BCUT2D eigenvalue weighted by atomic mass is 32.1. The summed E-state index contributed by atoms with van der Waals surface area (Å²) in [6.07, 6.45) is 1.01. The van der Waals surface area contributed by atoms with Gasteiger partial charge >= 0.3 is 12.0 Å². The fourth-order valence-corrected chi connectivity index (χ4v) is 3.38. The molecule has 7 heteroatoms. The van der Waals surface area contributed by atoms with Crippen LogP contribution in [0.15, 0.2) is 17.5 Å². The average molecular weight is 312 g/mol. The van der Waals surface area contributed by atoms with Crippen molar-refractivity contribution in [1.29, 1.82) is 0 Å². The molecule has 2 heterocycles. The van der Waals surface area contributed by atoms with E-state index in [1.54, 1.807) is 11.3 Å². The molecule has 0 spiro atoms. The number of carboxylic acids is 1. The van der Waals surface area contributed by atoms with Crippen LogP contribution in [0.2, 0.25) is 0 Å². The Labute approximate surface area is 127 Å². The summed E-state index contributed by atoms with van der Waals surface area (Å²) in [6, 6.07) is 2.39. The van der Waals surface area contributed by atoms with Gasteiger partial charge in [-0.2, -0.15) is 0 Å². The van der Waals surface area contributed by atoms with Crippen LogP contribution < -0.4 is 5.32 Å². The molecule has 21 heavy (non-hydrogen) atoms. The number of β-amino-alcohol motifs (C(OH)–C–C–N with tert-alkyl or cyclic N) is 1. The number of nitrogens with zero attached hydrogens (tertiary/aromatic N) is 1. The molecule has 3 N–H and O–H groups in total. The molecule has 0 bridgehead atoms. The number of carbonyl (C=O) groups is 2. The van der Waals surface area contributed by atoms with Crippen LogP contribution in [0.3, 0.4) is 0 Å². The Morgan fingerprint density at radius 2 is 2.33 bits per heavy atom. The van der Waals surface area contributed by atoms with Crippen LogP contribution >= 0.6 is 11.3 Å². The van der Waals surface area contributed by atoms with Crippen molar-refractivity contribution in [2.45, 2.75) is 44.4 Å². The monoisotopic (exact) mass is 312 g/mol. The van der Waals surface area contributed by atoms with Gasteiger partial charge in [0, 0.05) is 17.8 Å². The van der Waals surface area contributed by atoms with Gasteiger partial charge in [-0.3, -0.25) is 0 Å². The van der Waals surface area contributed by atoms with Crippen molar-refractivity contribution in [3.8, 4) is 0 Å². The molecule has 3 atom stereocenters. The third-order valence-corrected chi connectivity index (χ3v) is 4.57. The molecular formula is C14H20N2O4S. The van der Waals surface area contributed by atoms with E-state index in [-0.39, 0.29) is 19.0 Å². The van der Waals surface area contributed by atoms with Gasteiger partial charge in [-0.25, -0.2) is 9.59 Å². The van der Waals surface area contributed by atoms with Crippen molar-refractivity contribution in [1.82, 2.24) is 10.2 Å². The van der Waals surface area contributed by atoms with Gasteiger partial charge in [0.05, 0.1) is 12.1 Å². The van der Waals surface area contributed by atoms with Crippen molar-refractivity contribution in [3.05, 3.63) is 22.4 Å². The number of hydrogen-bond donors (Lipinski definition) is 3. The third-order valence-electron chi connectivity index (χ3n) is 3.59. The minimum atomic E-state index is -1.08. The molecule has 6 nitrogen and oxygen atoms in total. The summed E-state index contributed by atoms with van der Waals surface area (Å²) in [6.45, 7) is 2.10. The molecule has 1 aliphatic heterocycles. The lowest BCUT2D eigenvalue weighted by molar-refractivity contribution is -0.141. The first-order chi connectivity index (χ1) is 10.0. The Kier molecular flexibility index (Phi) is 5.19. The molecule has 0 aromatic carbocycles.